The summed E-state index contributed by atoms with van der Waals surface area (Å²) < 4.78 is 0. The molecule has 1 N–H and O–H groups in total. The van der Waals surface area contributed by atoms with Crippen molar-refractivity contribution < 1.29 is 0 Å². The maximum atomic E-state index is 5.89. The number of aryl methyl sites for hydroxylation is 1. The molecule has 0 aliphatic rings. The molecular weight excluding hydrogens is 258 g/mol. The van der Waals surface area contributed by atoms with Gasteiger partial charge in [-0.2, -0.15) is 0 Å². The maximum absolute atomic E-state index is 5.89. The third-order valence-corrected chi connectivity index (χ3v) is 3.22. The van der Waals surface area contributed by atoms with Crippen molar-refractivity contribution in [1.29, 1.82) is 0 Å². The number of aromatic nitrogens is 2. The summed E-state index contributed by atoms with van der Waals surface area (Å²) in [5, 5.41) is 4.14. The Morgan fingerprint density at radius 3 is 2.63 bits per heavy atom. The predicted molar refractivity (Wildman–Crippen MR) is 79.5 cm³/mol. The van der Waals surface area contributed by atoms with Crippen LogP contribution in [-0.2, 0) is 6.42 Å². The summed E-state index contributed by atoms with van der Waals surface area (Å²) in [5.41, 5.74) is 2.25. The molecule has 0 bridgehead atoms. The van der Waals surface area contributed by atoms with Gasteiger partial charge in [0.15, 0.2) is 0 Å². The molecule has 0 fully saturated rings. The second-order valence-corrected chi connectivity index (χ2v) is 5.00. The lowest BCUT2D eigenvalue weighted by Gasteiger charge is -2.15. The first kappa shape index (κ1) is 13.8. The van der Waals surface area contributed by atoms with Crippen molar-refractivity contribution in [2.24, 2.45) is 0 Å². The molecule has 4 heteroatoms. The summed E-state index contributed by atoms with van der Waals surface area (Å²) in [7, 11) is 0. The zero-order valence-corrected chi connectivity index (χ0v) is 12.0. The second kappa shape index (κ2) is 6.53. The minimum absolute atomic E-state index is 0.182. The minimum atomic E-state index is 0.182. The normalized spacial score (nSPS) is 12.2. The third-order valence-electron chi connectivity index (χ3n) is 2.96. The van der Waals surface area contributed by atoms with E-state index in [1.54, 1.807) is 6.33 Å². The van der Waals surface area contributed by atoms with Crippen LogP contribution in [0.2, 0.25) is 5.02 Å². The molecule has 1 aromatic heterocycles. The van der Waals surface area contributed by atoms with Crippen molar-refractivity contribution >= 4 is 17.4 Å². The van der Waals surface area contributed by atoms with Gasteiger partial charge in [-0.05, 0) is 31.0 Å². The Morgan fingerprint density at radius 2 is 1.95 bits per heavy atom. The Labute approximate surface area is 119 Å². The van der Waals surface area contributed by atoms with Gasteiger partial charge >= 0.3 is 0 Å². The van der Waals surface area contributed by atoms with Crippen LogP contribution in [0.1, 0.15) is 37.6 Å². The zero-order valence-electron chi connectivity index (χ0n) is 11.2. The van der Waals surface area contributed by atoms with Gasteiger partial charge in [0, 0.05) is 22.8 Å². The van der Waals surface area contributed by atoms with Crippen molar-refractivity contribution in [3.8, 4) is 0 Å². The van der Waals surface area contributed by atoms with Gasteiger partial charge in [0.05, 0.1) is 0 Å². The predicted octanol–water partition coefficient (Wildman–Crippen LogP) is 4.26. The van der Waals surface area contributed by atoms with Gasteiger partial charge in [-0.3, -0.25) is 0 Å². The Kier molecular flexibility index (Phi) is 4.74. The number of halogens is 1. The van der Waals surface area contributed by atoms with Gasteiger partial charge in [0.1, 0.15) is 12.1 Å². The van der Waals surface area contributed by atoms with Gasteiger partial charge in [0.25, 0.3) is 0 Å². The van der Waals surface area contributed by atoms with E-state index in [0.717, 1.165) is 29.4 Å². The first-order chi connectivity index (χ1) is 9.19. The highest BCUT2D eigenvalue weighted by molar-refractivity contribution is 6.30. The fraction of sp³-hybridized carbons (Fsp3) is 0.333. The molecule has 100 valence electrons. The van der Waals surface area contributed by atoms with E-state index in [2.05, 4.69) is 29.1 Å². The summed E-state index contributed by atoms with van der Waals surface area (Å²) in [4.78, 5) is 8.51. The van der Waals surface area contributed by atoms with Gasteiger partial charge in [0.2, 0.25) is 0 Å². The molecule has 1 atom stereocenters. The van der Waals surface area contributed by atoms with Gasteiger partial charge in [-0.25, -0.2) is 9.97 Å². The van der Waals surface area contributed by atoms with Crippen molar-refractivity contribution in [2.75, 3.05) is 5.32 Å². The molecule has 0 spiro atoms. The summed E-state index contributed by atoms with van der Waals surface area (Å²) >= 11 is 5.89. The van der Waals surface area contributed by atoms with Crippen molar-refractivity contribution in [3.63, 3.8) is 0 Å². The van der Waals surface area contributed by atoms with Crippen LogP contribution in [0, 0.1) is 0 Å². The molecule has 0 aliphatic carbocycles. The molecule has 3 nitrogen and oxygen atoms in total. The number of hydrogen-bond donors (Lipinski definition) is 1. The molecule has 1 heterocycles. The molecule has 0 saturated heterocycles. The number of anilines is 1. The van der Waals surface area contributed by atoms with E-state index in [0.29, 0.717) is 0 Å². The lowest BCUT2D eigenvalue weighted by molar-refractivity contribution is 0.849. The fourth-order valence-electron chi connectivity index (χ4n) is 1.93. The van der Waals surface area contributed by atoms with Crippen LogP contribution in [0.25, 0.3) is 0 Å². The van der Waals surface area contributed by atoms with Crippen LogP contribution in [0.4, 0.5) is 5.82 Å². The molecule has 1 unspecified atom stereocenters. The summed E-state index contributed by atoms with van der Waals surface area (Å²) in [6.45, 7) is 4.25. The average molecular weight is 276 g/mol. The highest BCUT2D eigenvalue weighted by atomic mass is 35.5. The molecular formula is C15H18ClN3. The van der Waals surface area contributed by atoms with E-state index >= 15 is 0 Å². The Morgan fingerprint density at radius 1 is 1.21 bits per heavy atom. The van der Waals surface area contributed by atoms with E-state index in [4.69, 9.17) is 11.6 Å². The SMILES string of the molecule is CCCc1cc(NC(C)c2ccc(Cl)cc2)ncn1. The first-order valence-electron chi connectivity index (χ1n) is 6.52. The highest BCUT2D eigenvalue weighted by Gasteiger charge is 2.06. The Balaban J connectivity index is 2.07. The summed E-state index contributed by atoms with van der Waals surface area (Å²) in [5.74, 6) is 0.862. The van der Waals surface area contributed by atoms with E-state index in [1.165, 1.54) is 5.56 Å². The van der Waals surface area contributed by atoms with E-state index in [-0.39, 0.29) is 6.04 Å². The Bertz CT molecular complexity index is 525. The number of nitrogens with one attached hydrogen (secondary N) is 1. The lowest BCUT2D eigenvalue weighted by Crippen LogP contribution is -2.08. The number of benzene rings is 1. The zero-order chi connectivity index (χ0) is 13.7. The van der Waals surface area contributed by atoms with Crippen molar-refractivity contribution in [3.05, 3.63) is 52.9 Å². The molecule has 0 aliphatic heterocycles. The topological polar surface area (TPSA) is 37.8 Å². The van der Waals surface area contributed by atoms with Crippen molar-refractivity contribution in [1.82, 2.24) is 9.97 Å². The fourth-order valence-corrected chi connectivity index (χ4v) is 2.05. The van der Waals surface area contributed by atoms with E-state index < -0.39 is 0 Å². The molecule has 0 amide bonds. The van der Waals surface area contributed by atoms with Crippen LogP contribution in [0.15, 0.2) is 36.7 Å². The molecule has 1 aromatic carbocycles. The van der Waals surface area contributed by atoms with Crippen LogP contribution in [0.3, 0.4) is 0 Å². The largest absolute Gasteiger partial charge is 0.363 e. The van der Waals surface area contributed by atoms with Crippen LogP contribution >= 0.6 is 11.6 Å². The Hall–Kier alpha value is -1.61. The number of rotatable bonds is 5. The van der Waals surface area contributed by atoms with Gasteiger partial charge in [-0.1, -0.05) is 37.1 Å². The maximum Gasteiger partial charge on any atom is 0.130 e. The number of nitrogens with zero attached hydrogens (tertiary/aromatic N) is 2. The smallest absolute Gasteiger partial charge is 0.130 e. The number of hydrogen-bond acceptors (Lipinski definition) is 3. The molecule has 0 saturated carbocycles. The van der Waals surface area contributed by atoms with Crippen LogP contribution < -0.4 is 5.32 Å². The van der Waals surface area contributed by atoms with Crippen LogP contribution in [0.5, 0.6) is 0 Å². The molecule has 19 heavy (non-hydrogen) atoms. The molecule has 2 rings (SSSR count). The minimum Gasteiger partial charge on any atom is -0.363 e. The van der Waals surface area contributed by atoms with Crippen molar-refractivity contribution in [2.45, 2.75) is 32.7 Å². The quantitative estimate of drug-likeness (QED) is 0.886. The summed E-state index contributed by atoms with van der Waals surface area (Å²) in [6.07, 6.45) is 3.68. The average Bonchev–Trinajstić information content (AvgIpc) is 2.40. The van der Waals surface area contributed by atoms with Gasteiger partial charge in [-0.15, -0.1) is 0 Å². The second-order valence-electron chi connectivity index (χ2n) is 4.56. The van der Waals surface area contributed by atoms with E-state index in [1.807, 2.05) is 30.3 Å². The standard InChI is InChI=1S/C15H18ClN3/c1-3-4-14-9-15(18-10-17-14)19-11(2)12-5-7-13(16)8-6-12/h5-11H,3-4H2,1-2H3,(H,17,18,19). The first-order valence-corrected chi connectivity index (χ1v) is 6.89. The molecule has 0 radical (unpaired) electrons. The monoisotopic (exact) mass is 275 g/mol. The van der Waals surface area contributed by atoms with Gasteiger partial charge < -0.3 is 5.32 Å². The lowest BCUT2D eigenvalue weighted by atomic mass is 10.1. The summed E-state index contributed by atoms with van der Waals surface area (Å²) in [6, 6.07) is 10.0. The third kappa shape index (κ3) is 3.93. The van der Waals surface area contributed by atoms with E-state index in [9.17, 15) is 0 Å². The van der Waals surface area contributed by atoms with Crippen LogP contribution in [-0.4, -0.2) is 9.97 Å². The molecule has 2 aromatic rings. The highest BCUT2D eigenvalue weighted by Crippen LogP contribution is 2.20.